The molecule has 24 heavy (non-hydrogen) atoms. The van der Waals surface area contributed by atoms with Gasteiger partial charge in [-0.1, -0.05) is 30.3 Å². The average molecular weight is 328 g/mol. The molecule has 0 saturated heterocycles. The number of amides is 1. The highest BCUT2D eigenvalue weighted by molar-refractivity contribution is 5.85. The molecule has 1 unspecified atom stereocenters. The van der Waals surface area contributed by atoms with E-state index in [-0.39, 0.29) is 11.7 Å². The number of methoxy groups -OCH3 is 1. The van der Waals surface area contributed by atoms with Crippen LogP contribution >= 0.6 is 0 Å². The zero-order valence-corrected chi connectivity index (χ0v) is 13.6. The van der Waals surface area contributed by atoms with Gasteiger partial charge in [0.2, 0.25) is 0 Å². The number of carbonyl (C=O) groups is 1. The van der Waals surface area contributed by atoms with Crippen molar-refractivity contribution in [3.05, 3.63) is 59.7 Å². The predicted molar refractivity (Wildman–Crippen MR) is 91.2 cm³/mol. The van der Waals surface area contributed by atoms with E-state index in [0.717, 1.165) is 5.56 Å². The molecule has 0 spiro atoms. The minimum atomic E-state index is -0.734. The van der Waals surface area contributed by atoms with Crippen LogP contribution in [0.4, 0.5) is 0 Å². The van der Waals surface area contributed by atoms with E-state index in [4.69, 9.17) is 9.47 Å². The van der Waals surface area contributed by atoms with Crippen molar-refractivity contribution in [1.29, 1.82) is 0 Å². The molecule has 2 aromatic carbocycles. The second-order valence-corrected chi connectivity index (χ2v) is 4.92. The summed E-state index contributed by atoms with van der Waals surface area (Å²) >= 11 is 0. The van der Waals surface area contributed by atoms with Crippen molar-refractivity contribution in [3.63, 3.8) is 0 Å². The van der Waals surface area contributed by atoms with Crippen LogP contribution in [0.2, 0.25) is 0 Å². The number of hydrazone groups is 1. The van der Waals surface area contributed by atoms with Crippen LogP contribution in [0.1, 0.15) is 24.2 Å². The van der Waals surface area contributed by atoms with Gasteiger partial charge >= 0.3 is 0 Å². The summed E-state index contributed by atoms with van der Waals surface area (Å²) in [7, 11) is 1.47. The Hall–Kier alpha value is -2.86. The Morgan fingerprint density at radius 3 is 2.71 bits per heavy atom. The van der Waals surface area contributed by atoms with Crippen molar-refractivity contribution in [1.82, 2.24) is 5.43 Å². The number of hydrogen-bond acceptors (Lipinski definition) is 5. The lowest BCUT2D eigenvalue weighted by Gasteiger charge is -2.13. The van der Waals surface area contributed by atoms with E-state index < -0.39 is 6.10 Å². The Morgan fingerprint density at radius 2 is 2.04 bits per heavy atom. The maximum absolute atomic E-state index is 12.2. The van der Waals surface area contributed by atoms with E-state index in [1.807, 2.05) is 37.3 Å². The number of nitrogens with zero attached hydrogens (tertiary/aromatic N) is 1. The number of benzene rings is 2. The van der Waals surface area contributed by atoms with Gasteiger partial charge in [0.1, 0.15) is 0 Å². The van der Waals surface area contributed by atoms with E-state index in [1.165, 1.54) is 19.4 Å². The molecule has 6 nitrogen and oxygen atoms in total. The molecule has 0 aliphatic rings. The van der Waals surface area contributed by atoms with Gasteiger partial charge in [-0.25, -0.2) is 5.43 Å². The fraction of sp³-hybridized carbons (Fsp3) is 0.222. The van der Waals surface area contributed by atoms with Crippen LogP contribution in [0, 0.1) is 0 Å². The van der Waals surface area contributed by atoms with Gasteiger partial charge in [-0.2, -0.15) is 5.10 Å². The van der Waals surface area contributed by atoms with E-state index in [2.05, 4.69) is 10.5 Å². The highest BCUT2D eigenvalue weighted by atomic mass is 16.5. The minimum Gasteiger partial charge on any atom is -0.504 e. The third kappa shape index (κ3) is 4.57. The largest absolute Gasteiger partial charge is 0.504 e. The lowest BCUT2D eigenvalue weighted by atomic mass is 10.1. The predicted octanol–water partition coefficient (Wildman–Crippen LogP) is 2.63. The summed E-state index contributed by atoms with van der Waals surface area (Å²) in [6.45, 7) is 2.27. The molecule has 0 aromatic heterocycles. The first kappa shape index (κ1) is 17.5. The van der Waals surface area contributed by atoms with Gasteiger partial charge in [-0.05, 0) is 36.2 Å². The van der Waals surface area contributed by atoms with Crippen molar-refractivity contribution in [2.45, 2.75) is 13.0 Å². The number of aromatic hydroxyl groups is 1. The van der Waals surface area contributed by atoms with Crippen molar-refractivity contribution in [2.24, 2.45) is 5.10 Å². The van der Waals surface area contributed by atoms with Crippen LogP contribution in [0.3, 0.4) is 0 Å². The molecule has 1 amide bonds. The maximum Gasteiger partial charge on any atom is 0.273 e. The molecule has 2 aromatic rings. The van der Waals surface area contributed by atoms with Crippen LogP contribution in [0.15, 0.2) is 53.6 Å². The van der Waals surface area contributed by atoms with Gasteiger partial charge in [0, 0.05) is 7.11 Å². The third-order valence-electron chi connectivity index (χ3n) is 3.25. The molecule has 0 aliphatic carbocycles. The molecule has 0 aliphatic heterocycles. The van der Waals surface area contributed by atoms with Crippen molar-refractivity contribution in [3.8, 4) is 11.5 Å². The first-order chi connectivity index (χ1) is 11.7. The lowest BCUT2D eigenvalue weighted by molar-refractivity contribution is -0.131. The molecule has 2 rings (SSSR count). The van der Waals surface area contributed by atoms with Gasteiger partial charge in [-0.15, -0.1) is 0 Å². The molecular weight excluding hydrogens is 308 g/mol. The summed E-state index contributed by atoms with van der Waals surface area (Å²) in [5.41, 5.74) is 3.88. The first-order valence-corrected chi connectivity index (χ1v) is 7.52. The lowest BCUT2D eigenvalue weighted by Crippen LogP contribution is -2.26. The number of phenols is 1. The van der Waals surface area contributed by atoms with Crippen LogP contribution < -0.4 is 10.2 Å². The molecule has 0 heterocycles. The Kier molecular flexibility index (Phi) is 6.33. The quantitative estimate of drug-likeness (QED) is 0.605. The molecule has 1 atom stereocenters. The first-order valence-electron chi connectivity index (χ1n) is 7.52. The zero-order valence-electron chi connectivity index (χ0n) is 13.6. The summed E-state index contributed by atoms with van der Waals surface area (Å²) in [5.74, 6) is 0.0529. The molecule has 0 bridgehead atoms. The fourth-order valence-electron chi connectivity index (χ4n) is 2.13. The number of carbonyl (C=O) groups excluding carboxylic acids is 1. The summed E-state index contributed by atoms with van der Waals surface area (Å²) in [5, 5.41) is 13.6. The summed E-state index contributed by atoms with van der Waals surface area (Å²) in [6.07, 6.45) is 0.736. The van der Waals surface area contributed by atoms with E-state index >= 15 is 0 Å². The van der Waals surface area contributed by atoms with Crippen LogP contribution in [0.5, 0.6) is 11.5 Å². The van der Waals surface area contributed by atoms with E-state index in [1.54, 1.807) is 12.1 Å². The second kappa shape index (κ2) is 8.69. The number of rotatable bonds is 7. The normalized spacial score (nSPS) is 12.1. The van der Waals surface area contributed by atoms with Crippen LogP contribution in [-0.2, 0) is 9.53 Å². The van der Waals surface area contributed by atoms with Gasteiger partial charge < -0.3 is 14.6 Å². The summed E-state index contributed by atoms with van der Waals surface area (Å²) in [6, 6.07) is 14.0. The number of nitrogens with one attached hydrogen (secondary N) is 1. The van der Waals surface area contributed by atoms with Gasteiger partial charge in [0.25, 0.3) is 5.91 Å². The SMILES string of the molecule is CCOc1cc(C=NNC(=O)C(OC)c2ccccc2)ccc1O. The summed E-state index contributed by atoms with van der Waals surface area (Å²) < 4.78 is 10.5. The van der Waals surface area contributed by atoms with Crippen molar-refractivity contribution in [2.75, 3.05) is 13.7 Å². The molecule has 0 radical (unpaired) electrons. The average Bonchev–Trinajstić information content (AvgIpc) is 2.59. The Balaban J connectivity index is 2.02. The van der Waals surface area contributed by atoms with Crippen molar-refractivity contribution < 1.29 is 19.4 Å². The van der Waals surface area contributed by atoms with Gasteiger partial charge in [0.05, 0.1) is 12.8 Å². The number of phenolic OH excluding ortho intramolecular Hbond substituents is 1. The Bertz CT molecular complexity index is 701. The third-order valence-corrected chi connectivity index (χ3v) is 3.25. The van der Waals surface area contributed by atoms with Crippen LogP contribution in [0.25, 0.3) is 0 Å². The smallest absolute Gasteiger partial charge is 0.273 e. The zero-order chi connectivity index (χ0) is 17.4. The van der Waals surface area contributed by atoms with Gasteiger partial charge in [-0.3, -0.25) is 4.79 Å². The van der Waals surface area contributed by atoms with E-state index in [9.17, 15) is 9.90 Å². The molecule has 0 saturated carbocycles. The highest BCUT2D eigenvalue weighted by Crippen LogP contribution is 2.26. The summed E-state index contributed by atoms with van der Waals surface area (Å²) in [4.78, 5) is 12.2. The molecule has 0 fully saturated rings. The second-order valence-electron chi connectivity index (χ2n) is 4.92. The molecule has 2 N–H and O–H groups in total. The monoisotopic (exact) mass is 328 g/mol. The van der Waals surface area contributed by atoms with Crippen LogP contribution in [-0.4, -0.2) is 30.9 Å². The minimum absolute atomic E-state index is 0.0570. The van der Waals surface area contributed by atoms with E-state index in [0.29, 0.717) is 17.9 Å². The standard InChI is InChI=1S/C18H20N2O4/c1-3-24-16-11-13(9-10-15(16)21)12-19-20-18(22)17(23-2)14-7-5-4-6-8-14/h4-12,17,21H,3H2,1-2H3,(H,20,22). The number of hydrogen-bond donors (Lipinski definition) is 2. The highest BCUT2D eigenvalue weighted by Gasteiger charge is 2.19. The Labute approximate surface area is 140 Å². The molecule has 126 valence electrons. The maximum atomic E-state index is 12.2. The molecular formula is C18H20N2O4. The number of ether oxygens (including phenoxy) is 2. The fourth-order valence-corrected chi connectivity index (χ4v) is 2.13. The van der Waals surface area contributed by atoms with Crippen molar-refractivity contribution >= 4 is 12.1 Å². The Morgan fingerprint density at radius 1 is 1.29 bits per heavy atom. The topological polar surface area (TPSA) is 80.2 Å². The van der Waals surface area contributed by atoms with Gasteiger partial charge in [0.15, 0.2) is 17.6 Å². The molecule has 6 heteroatoms.